The maximum atomic E-state index is 12.5. The number of carbonyl (C=O) groups is 1. The van der Waals surface area contributed by atoms with Crippen molar-refractivity contribution in [3.8, 4) is 0 Å². The van der Waals surface area contributed by atoms with Crippen molar-refractivity contribution in [3.63, 3.8) is 0 Å². The molecule has 0 spiro atoms. The lowest BCUT2D eigenvalue weighted by molar-refractivity contribution is -0.277. The van der Waals surface area contributed by atoms with Crippen LogP contribution in [0.25, 0.3) is 0 Å². The summed E-state index contributed by atoms with van der Waals surface area (Å²) in [6, 6.07) is -0.137. The summed E-state index contributed by atoms with van der Waals surface area (Å²) in [5.74, 6) is -5.81. The fourth-order valence-corrected chi connectivity index (χ4v) is 2.79. The Morgan fingerprint density at radius 1 is 1.00 bits per heavy atom. The average molecular weight is 304 g/mol. The van der Waals surface area contributed by atoms with E-state index in [9.17, 15) is 31.1 Å². The number of nitrogens with one attached hydrogen (secondary N) is 1. The molecule has 9 heteroatoms. The van der Waals surface area contributed by atoms with Gasteiger partial charge in [0, 0.05) is 25.2 Å². The van der Waals surface area contributed by atoms with Crippen LogP contribution >= 0.6 is 0 Å². The van der Waals surface area contributed by atoms with Crippen LogP contribution in [-0.2, 0) is 4.79 Å². The topological polar surface area (TPSA) is 32.3 Å². The number of hydrogen-bond donors (Lipinski definition) is 1. The van der Waals surface area contributed by atoms with E-state index < -0.39 is 24.2 Å². The first kappa shape index (κ1) is 15.4. The Morgan fingerprint density at radius 2 is 1.55 bits per heavy atom. The van der Waals surface area contributed by atoms with Gasteiger partial charge in [-0.25, -0.2) is 0 Å². The second-order valence-corrected chi connectivity index (χ2v) is 5.23. The lowest BCUT2D eigenvalue weighted by atomic mass is 10.0. The van der Waals surface area contributed by atoms with Gasteiger partial charge < -0.3 is 10.2 Å². The number of rotatable bonds is 1. The Labute approximate surface area is 111 Å². The van der Waals surface area contributed by atoms with E-state index >= 15 is 0 Å². The van der Waals surface area contributed by atoms with Crippen LogP contribution in [0.15, 0.2) is 0 Å². The van der Waals surface area contributed by atoms with Gasteiger partial charge in [0.15, 0.2) is 0 Å². The fourth-order valence-electron chi connectivity index (χ4n) is 2.79. The Kier molecular flexibility index (Phi) is 3.92. The molecule has 2 fully saturated rings. The van der Waals surface area contributed by atoms with Crippen molar-refractivity contribution >= 4 is 5.91 Å². The van der Waals surface area contributed by atoms with E-state index in [1.165, 1.54) is 0 Å². The van der Waals surface area contributed by atoms with Gasteiger partial charge in [-0.2, -0.15) is 26.3 Å². The number of fused-ring (bicyclic) bond motifs is 2. The van der Waals surface area contributed by atoms with Crippen LogP contribution in [0.3, 0.4) is 0 Å². The van der Waals surface area contributed by atoms with Gasteiger partial charge in [0.2, 0.25) is 11.8 Å². The second-order valence-electron chi connectivity index (χ2n) is 5.23. The van der Waals surface area contributed by atoms with E-state index in [0.717, 1.165) is 6.42 Å². The Bertz CT molecular complexity index is 366. The third-order valence-electron chi connectivity index (χ3n) is 3.74. The molecule has 0 radical (unpaired) electrons. The molecule has 2 saturated heterocycles. The summed E-state index contributed by atoms with van der Waals surface area (Å²) < 4.78 is 75.2. The van der Waals surface area contributed by atoms with Gasteiger partial charge in [-0.15, -0.1) is 0 Å². The van der Waals surface area contributed by atoms with Crippen molar-refractivity contribution in [2.24, 2.45) is 5.92 Å². The monoisotopic (exact) mass is 304 g/mol. The molecule has 2 atom stereocenters. The molecule has 2 aliphatic heterocycles. The first-order valence-electron chi connectivity index (χ1n) is 6.27. The molecule has 20 heavy (non-hydrogen) atoms. The molecule has 1 N–H and O–H groups in total. The highest BCUT2D eigenvalue weighted by Crippen LogP contribution is 2.40. The van der Waals surface area contributed by atoms with E-state index in [1.54, 1.807) is 0 Å². The molecular formula is C11H14F6N2O. The number of carbonyl (C=O) groups excluding carboxylic acids is 1. The van der Waals surface area contributed by atoms with Crippen LogP contribution in [0.2, 0.25) is 0 Å². The Balaban J connectivity index is 2.15. The first-order chi connectivity index (χ1) is 9.09. The fraction of sp³-hybridized carbons (Fsp3) is 0.909. The Morgan fingerprint density at radius 3 is 2.10 bits per heavy atom. The summed E-state index contributed by atoms with van der Waals surface area (Å²) in [5, 5.41) is 3.10. The number of likely N-dealkylation sites (tertiary alicyclic amines) is 1. The molecule has 116 valence electrons. The van der Waals surface area contributed by atoms with E-state index in [1.807, 2.05) is 0 Å². The lowest BCUT2D eigenvalue weighted by Gasteiger charge is -2.30. The molecule has 0 aromatic heterocycles. The summed E-state index contributed by atoms with van der Waals surface area (Å²) in [6.07, 6.45) is -9.35. The molecule has 2 rings (SSSR count). The highest BCUT2D eigenvalue weighted by atomic mass is 19.4. The summed E-state index contributed by atoms with van der Waals surface area (Å²) >= 11 is 0. The molecule has 2 unspecified atom stereocenters. The van der Waals surface area contributed by atoms with Gasteiger partial charge in [0.05, 0.1) is 0 Å². The highest BCUT2D eigenvalue weighted by molar-refractivity contribution is 5.80. The summed E-state index contributed by atoms with van der Waals surface area (Å²) in [7, 11) is 0. The normalized spacial score (nSPS) is 27.9. The van der Waals surface area contributed by atoms with Gasteiger partial charge in [-0.3, -0.25) is 4.79 Å². The zero-order valence-electron chi connectivity index (χ0n) is 10.4. The van der Waals surface area contributed by atoms with Crippen LogP contribution < -0.4 is 5.32 Å². The maximum absolute atomic E-state index is 12.5. The largest absolute Gasteiger partial charge is 0.409 e. The predicted molar refractivity (Wildman–Crippen MR) is 56.7 cm³/mol. The molecule has 3 nitrogen and oxygen atoms in total. The Hall–Kier alpha value is -0.990. The summed E-state index contributed by atoms with van der Waals surface area (Å²) in [4.78, 5) is 12.4. The van der Waals surface area contributed by atoms with Gasteiger partial charge in [0.1, 0.15) is 0 Å². The third kappa shape index (κ3) is 3.18. The lowest BCUT2D eigenvalue weighted by Crippen LogP contribution is -2.51. The van der Waals surface area contributed by atoms with Crippen molar-refractivity contribution in [1.29, 1.82) is 0 Å². The van der Waals surface area contributed by atoms with Crippen LogP contribution in [0.5, 0.6) is 0 Å². The molecule has 0 aromatic carbocycles. The predicted octanol–water partition coefficient (Wildman–Crippen LogP) is 2.08. The second kappa shape index (κ2) is 5.09. The summed E-state index contributed by atoms with van der Waals surface area (Å²) in [6.45, 7) is -0.173. The quantitative estimate of drug-likeness (QED) is 0.752. The van der Waals surface area contributed by atoms with E-state index in [-0.39, 0.29) is 25.2 Å². The van der Waals surface area contributed by atoms with Crippen LogP contribution in [-0.4, -0.2) is 48.3 Å². The molecule has 1 amide bonds. The van der Waals surface area contributed by atoms with Crippen molar-refractivity contribution in [3.05, 3.63) is 0 Å². The number of alkyl halides is 6. The molecular weight excluding hydrogens is 290 g/mol. The number of amides is 1. The van der Waals surface area contributed by atoms with Crippen molar-refractivity contribution < 1.29 is 31.1 Å². The zero-order chi connectivity index (χ0) is 15.1. The number of halogens is 6. The van der Waals surface area contributed by atoms with E-state index in [4.69, 9.17) is 0 Å². The molecule has 2 heterocycles. The van der Waals surface area contributed by atoms with Crippen LogP contribution in [0, 0.1) is 5.92 Å². The smallest absolute Gasteiger partial charge is 0.340 e. The van der Waals surface area contributed by atoms with Crippen molar-refractivity contribution in [2.45, 2.75) is 43.7 Å². The van der Waals surface area contributed by atoms with Crippen LogP contribution in [0.4, 0.5) is 26.3 Å². The van der Waals surface area contributed by atoms with Gasteiger partial charge >= 0.3 is 12.4 Å². The number of nitrogens with zero attached hydrogens (tertiary/aromatic N) is 1. The van der Waals surface area contributed by atoms with Gasteiger partial charge in [-0.05, 0) is 19.3 Å². The third-order valence-corrected chi connectivity index (χ3v) is 3.74. The van der Waals surface area contributed by atoms with Crippen molar-refractivity contribution in [2.75, 3.05) is 13.1 Å². The summed E-state index contributed by atoms with van der Waals surface area (Å²) in [5.41, 5.74) is 0. The minimum atomic E-state index is -5.62. The van der Waals surface area contributed by atoms with E-state index in [2.05, 4.69) is 5.32 Å². The van der Waals surface area contributed by atoms with Gasteiger partial charge in [0.25, 0.3) is 0 Å². The minimum absolute atomic E-state index is 0.0737. The van der Waals surface area contributed by atoms with Gasteiger partial charge in [-0.1, -0.05) is 0 Å². The van der Waals surface area contributed by atoms with Crippen LogP contribution in [0.1, 0.15) is 19.3 Å². The molecule has 0 aliphatic carbocycles. The molecule has 0 saturated carbocycles. The SMILES string of the molecule is O=C(C(C(F)(F)F)C(F)(F)F)N1CCC2CCC(C1)N2. The maximum Gasteiger partial charge on any atom is 0.409 e. The average Bonchev–Trinajstić information content (AvgIpc) is 2.53. The van der Waals surface area contributed by atoms with E-state index in [0.29, 0.717) is 17.7 Å². The number of hydrogen-bond acceptors (Lipinski definition) is 2. The van der Waals surface area contributed by atoms with Crippen molar-refractivity contribution in [1.82, 2.24) is 10.2 Å². The minimum Gasteiger partial charge on any atom is -0.340 e. The highest BCUT2D eigenvalue weighted by Gasteiger charge is 2.62. The first-order valence-corrected chi connectivity index (χ1v) is 6.27. The molecule has 0 aromatic rings. The standard InChI is InChI=1S/C11H14F6N2O/c12-10(13,14)8(11(15,16)17)9(20)19-4-3-6-1-2-7(5-19)18-6/h6-8,18H,1-5H2. The molecule has 2 aliphatic rings. The molecule has 2 bridgehead atoms. The zero-order valence-corrected chi connectivity index (χ0v) is 10.4.